The Kier molecular flexibility index (Phi) is 11.6. The highest BCUT2D eigenvalue weighted by Crippen LogP contribution is 2.38. The number of hydrogen-bond acceptors (Lipinski definition) is 4. The second-order valence-electron chi connectivity index (χ2n) is 10.6. The molecular formula is C30H31Cl3F3N3O4S. The van der Waals surface area contributed by atoms with Crippen LogP contribution in [0.25, 0.3) is 0 Å². The lowest BCUT2D eigenvalue weighted by molar-refractivity contribution is -0.139. The van der Waals surface area contributed by atoms with E-state index in [1.165, 1.54) is 43.3 Å². The van der Waals surface area contributed by atoms with Gasteiger partial charge in [0.15, 0.2) is 0 Å². The first-order valence-corrected chi connectivity index (χ1v) is 16.0. The van der Waals surface area contributed by atoms with Crippen LogP contribution in [0.3, 0.4) is 0 Å². The minimum absolute atomic E-state index is 0.101. The van der Waals surface area contributed by atoms with E-state index in [2.05, 4.69) is 5.32 Å². The summed E-state index contributed by atoms with van der Waals surface area (Å²) in [6.07, 6.45) is -4.91. The SMILES string of the molecule is Cc1ccc(S(=O)(=O)N(CC(=O)N(Cc2ccc(Cl)cc2Cl)[C@@H](C)C(=O)NCC(C)C)c2ccc(Cl)c(C(F)(F)F)c2)cc1. The van der Waals surface area contributed by atoms with Gasteiger partial charge in [0.25, 0.3) is 10.0 Å². The van der Waals surface area contributed by atoms with E-state index in [-0.39, 0.29) is 22.4 Å². The smallest absolute Gasteiger partial charge is 0.354 e. The molecule has 0 aliphatic heterocycles. The normalized spacial score (nSPS) is 12.6. The zero-order chi connectivity index (χ0) is 33.0. The maximum absolute atomic E-state index is 14.0. The van der Waals surface area contributed by atoms with Crippen molar-refractivity contribution in [3.8, 4) is 0 Å². The van der Waals surface area contributed by atoms with Gasteiger partial charge in [-0.2, -0.15) is 13.2 Å². The Labute approximate surface area is 269 Å². The average molecular weight is 693 g/mol. The van der Waals surface area contributed by atoms with Gasteiger partial charge < -0.3 is 10.2 Å². The number of alkyl halides is 3. The topological polar surface area (TPSA) is 86.8 Å². The van der Waals surface area contributed by atoms with Gasteiger partial charge in [0.2, 0.25) is 11.8 Å². The first kappa shape index (κ1) is 35.5. The Morgan fingerprint density at radius 3 is 2.11 bits per heavy atom. The van der Waals surface area contributed by atoms with Gasteiger partial charge in [0.1, 0.15) is 12.6 Å². The number of nitrogens with zero attached hydrogens (tertiary/aromatic N) is 2. The van der Waals surface area contributed by atoms with Crippen molar-refractivity contribution >= 4 is 62.3 Å². The lowest BCUT2D eigenvalue weighted by Gasteiger charge is -2.32. The van der Waals surface area contributed by atoms with E-state index in [4.69, 9.17) is 34.8 Å². The van der Waals surface area contributed by atoms with Gasteiger partial charge in [-0.05, 0) is 67.8 Å². The van der Waals surface area contributed by atoms with Crippen molar-refractivity contribution in [3.05, 3.63) is 92.4 Å². The molecule has 0 radical (unpaired) electrons. The fourth-order valence-electron chi connectivity index (χ4n) is 4.12. The van der Waals surface area contributed by atoms with Crippen LogP contribution in [-0.2, 0) is 32.3 Å². The monoisotopic (exact) mass is 691 g/mol. The van der Waals surface area contributed by atoms with Crippen molar-refractivity contribution in [2.24, 2.45) is 5.92 Å². The Morgan fingerprint density at radius 2 is 1.55 bits per heavy atom. The lowest BCUT2D eigenvalue weighted by Crippen LogP contribution is -2.51. The summed E-state index contributed by atoms with van der Waals surface area (Å²) in [6.45, 7) is 6.11. The molecule has 1 N–H and O–H groups in total. The Morgan fingerprint density at radius 1 is 0.909 bits per heavy atom. The molecule has 0 aliphatic carbocycles. The van der Waals surface area contributed by atoms with Crippen molar-refractivity contribution in [1.29, 1.82) is 0 Å². The average Bonchev–Trinajstić information content (AvgIpc) is 2.93. The van der Waals surface area contributed by atoms with Crippen LogP contribution in [0.1, 0.15) is 37.5 Å². The molecule has 14 heteroatoms. The van der Waals surface area contributed by atoms with E-state index in [0.717, 1.165) is 22.6 Å². The summed E-state index contributed by atoms with van der Waals surface area (Å²) in [4.78, 5) is 27.9. The number of rotatable bonds is 11. The predicted octanol–water partition coefficient (Wildman–Crippen LogP) is 7.36. The second kappa shape index (κ2) is 14.4. The number of carbonyl (C=O) groups excluding carboxylic acids is 2. The van der Waals surface area contributed by atoms with Crippen LogP contribution < -0.4 is 9.62 Å². The minimum atomic E-state index is -4.91. The van der Waals surface area contributed by atoms with Gasteiger partial charge in [-0.3, -0.25) is 13.9 Å². The number of carbonyl (C=O) groups is 2. The molecule has 0 aromatic heterocycles. The maximum atomic E-state index is 14.0. The van der Waals surface area contributed by atoms with Crippen molar-refractivity contribution in [3.63, 3.8) is 0 Å². The quantitative estimate of drug-likeness (QED) is 0.228. The molecule has 0 spiro atoms. The van der Waals surface area contributed by atoms with Crippen LogP contribution in [0.15, 0.2) is 65.6 Å². The molecule has 0 unspecified atom stereocenters. The van der Waals surface area contributed by atoms with E-state index >= 15 is 0 Å². The zero-order valence-corrected chi connectivity index (χ0v) is 27.3. The van der Waals surface area contributed by atoms with E-state index in [9.17, 15) is 31.2 Å². The predicted molar refractivity (Wildman–Crippen MR) is 166 cm³/mol. The molecule has 3 aromatic carbocycles. The van der Waals surface area contributed by atoms with Gasteiger partial charge >= 0.3 is 6.18 Å². The van der Waals surface area contributed by atoms with E-state index < -0.39 is 56.9 Å². The molecular weight excluding hydrogens is 662 g/mol. The summed E-state index contributed by atoms with van der Waals surface area (Å²) in [6, 6.07) is 11.6. The highest BCUT2D eigenvalue weighted by Gasteiger charge is 2.37. The number of benzene rings is 3. The van der Waals surface area contributed by atoms with Crippen molar-refractivity contribution in [1.82, 2.24) is 10.2 Å². The Hall–Kier alpha value is -2.99. The van der Waals surface area contributed by atoms with E-state index in [1.54, 1.807) is 13.0 Å². The molecule has 44 heavy (non-hydrogen) atoms. The summed E-state index contributed by atoms with van der Waals surface area (Å²) in [5.74, 6) is -1.29. The van der Waals surface area contributed by atoms with Crippen molar-refractivity contribution in [2.75, 3.05) is 17.4 Å². The highest BCUT2D eigenvalue weighted by atomic mass is 35.5. The molecule has 0 saturated heterocycles. The van der Waals surface area contributed by atoms with Gasteiger partial charge in [0.05, 0.1) is 21.2 Å². The van der Waals surface area contributed by atoms with Crippen LogP contribution in [0, 0.1) is 12.8 Å². The van der Waals surface area contributed by atoms with Gasteiger partial charge in [-0.15, -0.1) is 0 Å². The number of hydrogen-bond donors (Lipinski definition) is 1. The number of halogens is 6. The molecule has 7 nitrogen and oxygen atoms in total. The molecule has 2 amide bonds. The van der Waals surface area contributed by atoms with Crippen LogP contribution in [0.4, 0.5) is 18.9 Å². The van der Waals surface area contributed by atoms with Gasteiger partial charge in [-0.1, -0.05) is 72.4 Å². The molecule has 3 aromatic rings. The van der Waals surface area contributed by atoms with Crippen molar-refractivity contribution < 1.29 is 31.2 Å². The minimum Gasteiger partial charge on any atom is -0.354 e. The lowest BCUT2D eigenvalue weighted by atomic mass is 10.1. The molecule has 0 heterocycles. The fraction of sp³-hybridized carbons (Fsp3) is 0.333. The largest absolute Gasteiger partial charge is 0.417 e. The van der Waals surface area contributed by atoms with Gasteiger partial charge in [0, 0.05) is 23.1 Å². The first-order chi connectivity index (χ1) is 20.4. The van der Waals surface area contributed by atoms with Crippen LogP contribution in [0.2, 0.25) is 15.1 Å². The summed E-state index contributed by atoms with van der Waals surface area (Å²) >= 11 is 18.2. The molecule has 0 fully saturated rings. The molecule has 1 atom stereocenters. The molecule has 0 bridgehead atoms. The Bertz CT molecular complexity index is 1620. The van der Waals surface area contributed by atoms with Gasteiger partial charge in [-0.25, -0.2) is 8.42 Å². The summed E-state index contributed by atoms with van der Waals surface area (Å²) in [5, 5.41) is 2.63. The first-order valence-electron chi connectivity index (χ1n) is 13.4. The van der Waals surface area contributed by atoms with E-state index in [1.807, 2.05) is 13.8 Å². The number of nitrogens with one attached hydrogen (secondary N) is 1. The highest BCUT2D eigenvalue weighted by molar-refractivity contribution is 7.92. The van der Waals surface area contributed by atoms with Crippen LogP contribution in [0.5, 0.6) is 0 Å². The third-order valence-corrected chi connectivity index (χ3v) is 9.34. The second-order valence-corrected chi connectivity index (χ2v) is 13.7. The Balaban J connectivity index is 2.13. The molecule has 0 saturated carbocycles. The van der Waals surface area contributed by atoms with Crippen LogP contribution in [-0.4, -0.2) is 44.3 Å². The fourth-order valence-corrected chi connectivity index (χ4v) is 6.22. The molecule has 0 aliphatic rings. The number of anilines is 1. The molecule has 3 rings (SSSR count). The van der Waals surface area contributed by atoms with Crippen molar-refractivity contribution in [2.45, 2.75) is 51.4 Å². The number of aryl methyl sites for hydroxylation is 1. The van der Waals surface area contributed by atoms with E-state index in [0.29, 0.717) is 27.5 Å². The summed E-state index contributed by atoms with van der Waals surface area (Å²) in [7, 11) is -4.60. The number of sulfonamides is 1. The molecule has 238 valence electrons. The summed E-state index contributed by atoms with van der Waals surface area (Å²) in [5.41, 5.74) is -0.576. The standard InChI is InChI=1S/C30H31Cl3F3N3O4S/c1-18(2)15-37-29(41)20(4)38(16-21-7-8-22(31)13-27(21)33)28(40)17-39(44(42,43)24-10-5-19(3)6-11-24)23-9-12-26(32)25(14-23)30(34,35)36/h5-14,18,20H,15-17H2,1-4H3,(H,37,41)/t20-/m0/s1. The third-order valence-electron chi connectivity index (χ3n) is 6.64. The summed E-state index contributed by atoms with van der Waals surface area (Å²) < 4.78 is 69.7. The number of amides is 2. The maximum Gasteiger partial charge on any atom is 0.417 e. The van der Waals surface area contributed by atoms with Crippen LogP contribution >= 0.6 is 34.8 Å². The zero-order valence-electron chi connectivity index (χ0n) is 24.3. The third kappa shape index (κ3) is 8.80.